The number of aryl methyl sites for hydroxylation is 2. The van der Waals surface area contributed by atoms with Crippen LogP contribution >= 0.6 is 0 Å². The second kappa shape index (κ2) is 9.28. The molecule has 1 saturated heterocycles. The molecule has 1 aromatic carbocycles. The topological polar surface area (TPSA) is 82.5 Å². The molecule has 3 aromatic rings. The Labute approximate surface area is 188 Å². The van der Waals surface area contributed by atoms with Crippen molar-refractivity contribution < 1.29 is 4.79 Å². The largest absolute Gasteiger partial charge is 0.351 e. The van der Waals surface area contributed by atoms with Crippen LogP contribution in [-0.4, -0.2) is 50.6 Å². The molecule has 1 fully saturated rings. The van der Waals surface area contributed by atoms with Gasteiger partial charge in [-0.25, -0.2) is 9.50 Å². The van der Waals surface area contributed by atoms with Crippen LogP contribution in [0.1, 0.15) is 65.9 Å². The molecule has 4 rings (SSSR count). The molecular weight excluding hydrogens is 402 g/mol. The van der Waals surface area contributed by atoms with E-state index in [1.165, 1.54) is 29.3 Å². The molecule has 7 heteroatoms. The van der Waals surface area contributed by atoms with Crippen molar-refractivity contribution >= 4 is 11.6 Å². The van der Waals surface area contributed by atoms with Gasteiger partial charge in [0.2, 0.25) is 0 Å². The first-order chi connectivity index (χ1) is 15.3. The van der Waals surface area contributed by atoms with E-state index in [4.69, 9.17) is 0 Å². The smallest absolute Gasteiger partial charge is 0.276 e. The molecule has 2 unspecified atom stereocenters. The van der Waals surface area contributed by atoms with Crippen molar-refractivity contribution in [3.8, 4) is 0 Å². The first-order valence-corrected chi connectivity index (χ1v) is 11.5. The Morgan fingerprint density at radius 3 is 2.53 bits per heavy atom. The van der Waals surface area contributed by atoms with Crippen LogP contribution in [0, 0.1) is 13.8 Å². The lowest BCUT2D eigenvalue weighted by Crippen LogP contribution is -2.47. The Balaban J connectivity index is 1.49. The minimum absolute atomic E-state index is 0.164. The summed E-state index contributed by atoms with van der Waals surface area (Å²) in [5.41, 5.74) is 4.13. The van der Waals surface area contributed by atoms with Crippen molar-refractivity contribution in [2.75, 3.05) is 13.1 Å². The fraction of sp³-hybridized carbons (Fsp3) is 0.480. The van der Waals surface area contributed by atoms with Gasteiger partial charge in [-0.3, -0.25) is 19.6 Å². The van der Waals surface area contributed by atoms with Crippen molar-refractivity contribution in [3.63, 3.8) is 0 Å². The summed E-state index contributed by atoms with van der Waals surface area (Å²) in [6, 6.07) is 9.21. The summed E-state index contributed by atoms with van der Waals surface area (Å²) in [7, 11) is 0. The lowest BCUT2D eigenvalue weighted by molar-refractivity contribution is 0.0890. The summed E-state index contributed by atoms with van der Waals surface area (Å²) >= 11 is 0. The third-order valence-electron chi connectivity index (χ3n) is 6.74. The van der Waals surface area contributed by atoms with Gasteiger partial charge in [0.05, 0.1) is 0 Å². The van der Waals surface area contributed by atoms with E-state index in [0.29, 0.717) is 47.5 Å². The Kier molecular flexibility index (Phi) is 6.46. The lowest BCUT2D eigenvalue weighted by Gasteiger charge is -2.39. The van der Waals surface area contributed by atoms with Crippen molar-refractivity contribution in [2.24, 2.45) is 0 Å². The predicted octanol–water partition coefficient (Wildman–Crippen LogP) is 3.22. The minimum Gasteiger partial charge on any atom is -0.351 e. The van der Waals surface area contributed by atoms with Crippen LogP contribution in [0.25, 0.3) is 5.65 Å². The summed E-state index contributed by atoms with van der Waals surface area (Å²) in [4.78, 5) is 33.0. The summed E-state index contributed by atoms with van der Waals surface area (Å²) in [5.74, 6) is -0.210. The first-order valence-electron chi connectivity index (χ1n) is 11.5. The lowest BCUT2D eigenvalue weighted by atomic mass is 9.98. The van der Waals surface area contributed by atoms with Crippen molar-refractivity contribution in [1.29, 1.82) is 0 Å². The van der Waals surface area contributed by atoms with Gasteiger partial charge in [0.15, 0.2) is 5.65 Å². The number of fused-ring (bicyclic) bond motifs is 1. The number of nitrogens with one attached hydrogen (secondary N) is 2. The zero-order valence-corrected chi connectivity index (χ0v) is 19.4. The highest BCUT2D eigenvalue weighted by Crippen LogP contribution is 2.21. The number of benzene rings is 1. The average Bonchev–Trinajstić information content (AvgIpc) is 3.18. The van der Waals surface area contributed by atoms with Gasteiger partial charge >= 0.3 is 0 Å². The zero-order chi connectivity index (χ0) is 22.8. The fourth-order valence-electron chi connectivity index (χ4n) is 4.75. The van der Waals surface area contributed by atoms with E-state index in [9.17, 15) is 9.59 Å². The van der Waals surface area contributed by atoms with Gasteiger partial charge in [0, 0.05) is 49.0 Å². The molecule has 1 aliphatic rings. The van der Waals surface area contributed by atoms with Gasteiger partial charge in [-0.1, -0.05) is 36.2 Å². The van der Waals surface area contributed by atoms with E-state index in [0.717, 1.165) is 12.1 Å². The second-order valence-corrected chi connectivity index (χ2v) is 9.11. The SMILES string of the molecule is Cc1ccc(Cc2c(C)nc3c(C(=O)NCCN4C(C)CCCC4C)c[nH]n3c2=O)cc1. The molecule has 1 amide bonds. The Morgan fingerprint density at radius 2 is 1.84 bits per heavy atom. The maximum absolute atomic E-state index is 13.1. The van der Waals surface area contributed by atoms with Crippen molar-refractivity contribution in [2.45, 2.75) is 65.5 Å². The number of likely N-dealkylation sites (tertiary alicyclic amines) is 1. The molecule has 7 nitrogen and oxygen atoms in total. The molecule has 32 heavy (non-hydrogen) atoms. The molecule has 170 valence electrons. The van der Waals surface area contributed by atoms with Crippen LogP contribution in [0.4, 0.5) is 0 Å². The molecule has 0 saturated carbocycles. The van der Waals surface area contributed by atoms with Crippen LogP contribution in [0.15, 0.2) is 35.3 Å². The number of hydrogen-bond acceptors (Lipinski definition) is 4. The number of amides is 1. The molecule has 2 aromatic heterocycles. The number of H-pyrrole nitrogens is 1. The molecule has 2 N–H and O–H groups in total. The third kappa shape index (κ3) is 4.48. The number of aromatic nitrogens is 3. The highest BCUT2D eigenvalue weighted by Gasteiger charge is 2.24. The Morgan fingerprint density at radius 1 is 1.16 bits per heavy atom. The Hall–Kier alpha value is -2.93. The van der Waals surface area contributed by atoms with Crippen molar-refractivity contribution in [1.82, 2.24) is 24.8 Å². The van der Waals surface area contributed by atoms with E-state index in [2.05, 4.69) is 34.1 Å². The van der Waals surface area contributed by atoms with Crippen LogP contribution in [0.3, 0.4) is 0 Å². The molecule has 3 heterocycles. The van der Waals surface area contributed by atoms with E-state index < -0.39 is 0 Å². The van der Waals surface area contributed by atoms with Gasteiger partial charge in [0.1, 0.15) is 5.56 Å². The van der Waals surface area contributed by atoms with Gasteiger partial charge < -0.3 is 5.32 Å². The zero-order valence-electron chi connectivity index (χ0n) is 19.4. The Bertz CT molecular complexity index is 1150. The third-order valence-corrected chi connectivity index (χ3v) is 6.74. The van der Waals surface area contributed by atoms with E-state index >= 15 is 0 Å². The van der Waals surface area contributed by atoms with Gasteiger partial charge in [0.25, 0.3) is 11.5 Å². The highest BCUT2D eigenvalue weighted by molar-refractivity contribution is 5.99. The maximum Gasteiger partial charge on any atom is 0.276 e. The predicted molar refractivity (Wildman–Crippen MR) is 126 cm³/mol. The standard InChI is InChI=1S/C25H33N5O2/c1-16-8-10-20(11-9-16)14-21-19(4)28-23-22(15-27-30(23)25(21)32)24(31)26-12-13-29-17(2)6-5-7-18(29)3/h8-11,15,17-18,27H,5-7,12-14H2,1-4H3,(H,26,31). The van der Waals surface area contributed by atoms with Crippen LogP contribution < -0.4 is 10.9 Å². The average molecular weight is 436 g/mol. The molecule has 0 radical (unpaired) electrons. The number of aromatic amines is 1. The summed E-state index contributed by atoms with van der Waals surface area (Å²) in [6.07, 6.45) is 5.76. The molecule has 0 spiro atoms. The molecule has 0 bridgehead atoms. The van der Waals surface area contributed by atoms with E-state index in [1.807, 2.05) is 38.1 Å². The highest BCUT2D eigenvalue weighted by atomic mass is 16.2. The second-order valence-electron chi connectivity index (χ2n) is 9.11. The molecule has 2 atom stereocenters. The maximum atomic E-state index is 13.1. The fourth-order valence-corrected chi connectivity index (χ4v) is 4.75. The van der Waals surface area contributed by atoms with Crippen molar-refractivity contribution in [3.05, 3.63) is 68.8 Å². The molecule has 1 aliphatic heterocycles. The number of rotatable bonds is 6. The normalized spacial score (nSPS) is 19.4. The summed E-state index contributed by atoms with van der Waals surface area (Å²) in [5, 5.41) is 5.93. The summed E-state index contributed by atoms with van der Waals surface area (Å²) in [6.45, 7) is 9.77. The number of nitrogens with zero attached hydrogens (tertiary/aromatic N) is 3. The monoisotopic (exact) mass is 435 g/mol. The quantitative estimate of drug-likeness (QED) is 0.623. The molecular formula is C25H33N5O2. The number of hydrogen-bond donors (Lipinski definition) is 2. The van der Waals surface area contributed by atoms with Gasteiger partial charge in [-0.05, 0) is 46.1 Å². The van der Waals surface area contributed by atoms with E-state index in [-0.39, 0.29) is 11.5 Å². The van der Waals surface area contributed by atoms with Crippen LogP contribution in [0.5, 0.6) is 0 Å². The number of piperidine rings is 1. The van der Waals surface area contributed by atoms with E-state index in [1.54, 1.807) is 6.20 Å². The number of carbonyl (C=O) groups is 1. The van der Waals surface area contributed by atoms with Gasteiger partial charge in [-0.2, -0.15) is 0 Å². The van der Waals surface area contributed by atoms with Crippen LogP contribution in [0.2, 0.25) is 0 Å². The van der Waals surface area contributed by atoms with Crippen LogP contribution in [-0.2, 0) is 6.42 Å². The first kappa shape index (κ1) is 22.3. The molecule has 0 aliphatic carbocycles. The van der Waals surface area contributed by atoms with Gasteiger partial charge in [-0.15, -0.1) is 0 Å². The number of carbonyl (C=O) groups excluding carboxylic acids is 1. The summed E-state index contributed by atoms with van der Waals surface area (Å²) < 4.78 is 1.38. The minimum atomic E-state index is -0.210.